The summed E-state index contributed by atoms with van der Waals surface area (Å²) in [7, 11) is 0. The van der Waals surface area contributed by atoms with Gasteiger partial charge in [-0.2, -0.15) is 0 Å². The number of hydrogen-bond acceptors (Lipinski definition) is 8. The van der Waals surface area contributed by atoms with E-state index in [1.54, 1.807) is 0 Å². The van der Waals surface area contributed by atoms with Crippen molar-refractivity contribution in [2.45, 2.75) is 43.0 Å². The highest BCUT2D eigenvalue weighted by atomic mass is 16.8. The van der Waals surface area contributed by atoms with E-state index in [4.69, 9.17) is 20.1 Å². The average molecular weight is 282 g/mol. The van der Waals surface area contributed by atoms with Crippen molar-refractivity contribution in [3.8, 4) is 0 Å². The molecule has 6 N–H and O–H groups in total. The highest BCUT2D eigenvalue weighted by Gasteiger charge is 2.55. The molecule has 0 aromatic carbocycles. The van der Waals surface area contributed by atoms with Crippen molar-refractivity contribution >= 4 is 6.16 Å². The van der Waals surface area contributed by atoms with Gasteiger partial charge in [-0.1, -0.05) is 0 Å². The Bertz CT molecular complexity index is 305. The van der Waals surface area contributed by atoms with Crippen LogP contribution in [0.3, 0.4) is 0 Å². The zero-order valence-electron chi connectivity index (χ0n) is 10.0. The van der Waals surface area contributed by atoms with Crippen molar-refractivity contribution in [2.24, 2.45) is 0 Å². The standard InChI is InChI=1S/C10H18O9/c11-3-1-2-10(17)5(4-12)18-8(19-9(15)16)6(13)7(10)14/h5-8,11-14,17H,1-4H2,(H,15,16)/t5-,6-,7-,8?,10-/m1/s1. The Morgan fingerprint density at radius 2 is 1.95 bits per heavy atom. The molecule has 0 spiro atoms. The fourth-order valence-corrected chi connectivity index (χ4v) is 2.06. The molecule has 1 aliphatic rings. The van der Waals surface area contributed by atoms with Crippen LogP contribution in [0.1, 0.15) is 12.8 Å². The summed E-state index contributed by atoms with van der Waals surface area (Å²) < 4.78 is 9.16. The SMILES string of the molecule is O=C(O)OC1O[C@H](CO)[C@](O)(CCCO)[C@H](O)[C@H]1O. The molecule has 0 aliphatic carbocycles. The van der Waals surface area contributed by atoms with Gasteiger partial charge in [0.05, 0.1) is 6.61 Å². The highest BCUT2D eigenvalue weighted by Crippen LogP contribution is 2.33. The molecule has 19 heavy (non-hydrogen) atoms. The maximum absolute atomic E-state index is 10.4. The summed E-state index contributed by atoms with van der Waals surface area (Å²) in [5.41, 5.74) is -2.00. The van der Waals surface area contributed by atoms with Crippen LogP contribution in [0.2, 0.25) is 0 Å². The third kappa shape index (κ3) is 3.32. The molecule has 1 unspecified atom stereocenters. The molecule has 112 valence electrons. The number of aliphatic hydroxyl groups is 5. The van der Waals surface area contributed by atoms with E-state index in [0.717, 1.165) is 0 Å². The summed E-state index contributed by atoms with van der Waals surface area (Å²) in [6.45, 7) is -0.983. The van der Waals surface area contributed by atoms with Gasteiger partial charge in [-0.15, -0.1) is 0 Å². The van der Waals surface area contributed by atoms with E-state index in [2.05, 4.69) is 4.74 Å². The highest BCUT2D eigenvalue weighted by molar-refractivity contribution is 5.57. The van der Waals surface area contributed by atoms with Crippen LogP contribution in [0.25, 0.3) is 0 Å². The lowest BCUT2D eigenvalue weighted by Crippen LogP contribution is -2.67. The van der Waals surface area contributed by atoms with Crippen molar-refractivity contribution in [2.75, 3.05) is 13.2 Å². The number of aliphatic hydroxyl groups excluding tert-OH is 4. The molecule has 1 aliphatic heterocycles. The monoisotopic (exact) mass is 282 g/mol. The molecule has 0 aromatic heterocycles. The Kier molecular flexibility index (Phi) is 5.47. The van der Waals surface area contributed by atoms with E-state index >= 15 is 0 Å². The molecular formula is C10H18O9. The second-order valence-corrected chi connectivity index (χ2v) is 4.31. The third-order valence-electron chi connectivity index (χ3n) is 3.09. The van der Waals surface area contributed by atoms with Crippen LogP contribution in [0.15, 0.2) is 0 Å². The summed E-state index contributed by atoms with van der Waals surface area (Å²) in [4.78, 5) is 10.4. The van der Waals surface area contributed by atoms with Gasteiger partial charge >= 0.3 is 6.16 Å². The average Bonchev–Trinajstić information content (AvgIpc) is 2.37. The predicted molar refractivity (Wildman–Crippen MR) is 58.1 cm³/mol. The molecule has 9 nitrogen and oxygen atoms in total. The molecule has 0 radical (unpaired) electrons. The number of carbonyl (C=O) groups is 1. The predicted octanol–water partition coefficient (Wildman–Crippen LogP) is -2.38. The Morgan fingerprint density at radius 3 is 2.42 bits per heavy atom. The lowest BCUT2D eigenvalue weighted by Gasteiger charge is -2.47. The van der Waals surface area contributed by atoms with E-state index in [1.807, 2.05) is 0 Å². The maximum Gasteiger partial charge on any atom is 0.508 e. The molecule has 1 heterocycles. The van der Waals surface area contributed by atoms with Gasteiger partial charge in [-0.3, -0.25) is 0 Å². The van der Waals surface area contributed by atoms with Gasteiger partial charge in [0, 0.05) is 6.61 Å². The molecule has 0 bridgehead atoms. The summed E-state index contributed by atoms with van der Waals surface area (Å²) in [5.74, 6) is 0. The Morgan fingerprint density at radius 1 is 1.32 bits per heavy atom. The Labute approximate surface area is 108 Å². The van der Waals surface area contributed by atoms with Gasteiger partial charge in [0.15, 0.2) is 0 Å². The van der Waals surface area contributed by atoms with Crippen LogP contribution in [-0.4, -0.2) is 80.2 Å². The molecule has 0 amide bonds. The van der Waals surface area contributed by atoms with E-state index in [0.29, 0.717) is 0 Å². The maximum atomic E-state index is 10.4. The first kappa shape index (κ1) is 16.1. The molecule has 1 saturated heterocycles. The van der Waals surface area contributed by atoms with E-state index in [1.165, 1.54) is 0 Å². The van der Waals surface area contributed by atoms with Crippen LogP contribution in [0.4, 0.5) is 4.79 Å². The first-order valence-electron chi connectivity index (χ1n) is 5.72. The molecule has 0 saturated carbocycles. The molecule has 0 aromatic rings. The molecule has 5 atom stereocenters. The first-order chi connectivity index (χ1) is 8.86. The largest absolute Gasteiger partial charge is 0.508 e. The summed E-state index contributed by atoms with van der Waals surface area (Å²) in [5, 5.41) is 56.1. The van der Waals surface area contributed by atoms with Gasteiger partial charge in [-0.25, -0.2) is 4.79 Å². The molecule has 1 fully saturated rings. The topological polar surface area (TPSA) is 157 Å². The van der Waals surface area contributed by atoms with E-state index in [9.17, 15) is 20.1 Å². The first-order valence-corrected chi connectivity index (χ1v) is 5.72. The normalized spacial score (nSPS) is 39.0. The van der Waals surface area contributed by atoms with Gasteiger partial charge < -0.3 is 40.1 Å². The zero-order valence-corrected chi connectivity index (χ0v) is 10.0. The molecular weight excluding hydrogens is 264 g/mol. The minimum absolute atomic E-state index is 0.102. The Hall–Kier alpha value is -0.970. The summed E-state index contributed by atoms with van der Waals surface area (Å²) >= 11 is 0. The Balaban J connectivity index is 2.87. The van der Waals surface area contributed by atoms with Crippen LogP contribution in [0, 0.1) is 0 Å². The van der Waals surface area contributed by atoms with Crippen LogP contribution < -0.4 is 0 Å². The van der Waals surface area contributed by atoms with Crippen molar-refractivity contribution < 1.29 is 44.9 Å². The fourth-order valence-electron chi connectivity index (χ4n) is 2.06. The van der Waals surface area contributed by atoms with Crippen molar-refractivity contribution in [3.05, 3.63) is 0 Å². The fraction of sp³-hybridized carbons (Fsp3) is 0.900. The van der Waals surface area contributed by atoms with Gasteiger partial charge in [0.2, 0.25) is 6.29 Å². The molecule has 9 heteroatoms. The number of rotatable bonds is 5. The van der Waals surface area contributed by atoms with Crippen molar-refractivity contribution in [1.82, 2.24) is 0 Å². The second kappa shape index (κ2) is 6.46. The quantitative estimate of drug-likeness (QED) is 0.303. The lowest BCUT2D eigenvalue weighted by atomic mass is 9.81. The summed E-state index contributed by atoms with van der Waals surface area (Å²) in [6.07, 6.45) is -8.41. The van der Waals surface area contributed by atoms with Crippen molar-refractivity contribution in [3.63, 3.8) is 0 Å². The van der Waals surface area contributed by atoms with Crippen molar-refractivity contribution in [1.29, 1.82) is 0 Å². The van der Waals surface area contributed by atoms with E-state index in [-0.39, 0.29) is 19.4 Å². The number of ether oxygens (including phenoxy) is 2. The minimum atomic E-state index is -2.00. The number of carboxylic acid groups (broad SMARTS) is 1. The summed E-state index contributed by atoms with van der Waals surface area (Å²) in [6, 6.07) is 0. The van der Waals surface area contributed by atoms with E-state index < -0.39 is 43.0 Å². The third-order valence-corrected chi connectivity index (χ3v) is 3.09. The van der Waals surface area contributed by atoms with Crippen LogP contribution in [0.5, 0.6) is 0 Å². The number of hydrogen-bond donors (Lipinski definition) is 6. The zero-order chi connectivity index (χ0) is 14.6. The lowest BCUT2D eigenvalue weighted by molar-refractivity contribution is -0.322. The second-order valence-electron chi connectivity index (χ2n) is 4.31. The smallest absolute Gasteiger partial charge is 0.450 e. The van der Waals surface area contributed by atoms with Gasteiger partial charge in [-0.05, 0) is 12.8 Å². The van der Waals surface area contributed by atoms with Gasteiger partial charge in [0.25, 0.3) is 0 Å². The van der Waals surface area contributed by atoms with Crippen LogP contribution in [-0.2, 0) is 9.47 Å². The van der Waals surface area contributed by atoms with Gasteiger partial charge in [0.1, 0.15) is 23.9 Å². The minimum Gasteiger partial charge on any atom is -0.450 e. The van der Waals surface area contributed by atoms with Crippen LogP contribution >= 0.6 is 0 Å². The molecule has 1 rings (SSSR count).